The molecule has 0 saturated carbocycles. The Labute approximate surface area is 101 Å². The molecule has 0 amide bonds. The molecule has 0 saturated heterocycles. The highest BCUT2D eigenvalue weighted by molar-refractivity contribution is 5.87. The van der Waals surface area contributed by atoms with Crippen LogP contribution < -0.4 is 0 Å². The van der Waals surface area contributed by atoms with Gasteiger partial charge in [0.2, 0.25) is 0 Å². The quantitative estimate of drug-likeness (QED) is 0.772. The molecule has 1 N–H and O–H groups in total. The molecule has 0 radical (unpaired) electrons. The Balaban J connectivity index is 2.77. The van der Waals surface area contributed by atoms with Crippen molar-refractivity contribution >= 4 is 10.8 Å². The second-order valence-electron chi connectivity index (χ2n) is 4.21. The van der Waals surface area contributed by atoms with Gasteiger partial charge in [-0.05, 0) is 18.4 Å². The number of hydrogen-bond donors (Lipinski definition) is 1. The van der Waals surface area contributed by atoms with Gasteiger partial charge >= 0.3 is 6.18 Å². The van der Waals surface area contributed by atoms with Gasteiger partial charge in [0, 0.05) is 10.9 Å². The minimum Gasteiger partial charge on any atom is -0.376 e. The van der Waals surface area contributed by atoms with E-state index >= 15 is 0 Å². The summed E-state index contributed by atoms with van der Waals surface area (Å²) in [5, 5.41) is 9.77. The van der Waals surface area contributed by atoms with Gasteiger partial charge in [0.05, 0.1) is 0 Å². The van der Waals surface area contributed by atoms with Crippen molar-refractivity contribution in [3.8, 4) is 0 Å². The smallest absolute Gasteiger partial charge is 0.376 e. The Kier molecular flexibility index (Phi) is 2.81. The molecule has 0 aliphatic heterocycles. The van der Waals surface area contributed by atoms with E-state index < -0.39 is 17.6 Å². The Morgan fingerprint density at radius 2 is 1.50 bits per heavy atom. The van der Waals surface area contributed by atoms with Gasteiger partial charge in [-0.2, -0.15) is 13.2 Å². The van der Waals surface area contributed by atoms with Crippen molar-refractivity contribution in [3.63, 3.8) is 0 Å². The standard InChI is InChI=1S/C13H10F4O/c1-12(18,13(15,16)17)10-6-2-5-9-8(10)4-3-7-11(9)14/h2-7,18H,1H3. The Hall–Kier alpha value is -1.62. The summed E-state index contributed by atoms with van der Waals surface area (Å²) in [6.07, 6.45) is -4.83. The highest BCUT2D eigenvalue weighted by Crippen LogP contribution is 2.41. The number of rotatable bonds is 1. The van der Waals surface area contributed by atoms with Crippen LogP contribution in [0.1, 0.15) is 12.5 Å². The van der Waals surface area contributed by atoms with Gasteiger partial charge in [-0.1, -0.05) is 30.3 Å². The Morgan fingerprint density at radius 3 is 2.11 bits per heavy atom. The Morgan fingerprint density at radius 1 is 0.944 bits per heavy atom. The topological polar surface area (TPSA) is 20.2 Å². The number of aliphatic hydroxyl groups is 1. The van der Waals surface area contributed by atoms with Gasteiger partial charge in [-0.3, -0.25) is 0 Å². The average molecular weight is 258 g/mol. The summed E-state index contributed by atoms with van der Waals surface area (Å²) in [5.74, 6) is -0.618. The largest absolute Gasteiger partial charge is 0.421 e. The van der Waals surface area contributed by atoms with Crippen molar-refractivity contribution in [3.05, 3.63) is 47.8 Å². The molecule has 2 rings (SSSR count). The van der Waals surface area contributed by atoms with Crippen LogP contribution in [0.25, 0.3) is 10.8 Å². The van der Waals surface area contributed by atoms with Crippen LogP contribution in [-0.2, 0) is 5.60 Å². The lowest BCUT2D eigenvalue weighted by molar-refractivity contribution is -0.258. The molecule has 0 aliphatic carbocycles. The summed E-state index contributed by atoms with van der Waals surface area (Å²) >= 11 is 0. The van der Waals surface area contributed by atoms with E-state index in [1.807, 2.05) is 0 Å². The van der Waals surface area contributed by atoms with Crippen molar-refractivity contribution in [1.29, 1.82) is 0 Å². The molecule has 1 unspecified atom stereocenters. The molecule has 96 valence electrons. The van der Waals surface area contributed by atoms with Crippen molar-refractivity contribution < 1.29 is 22.7 Å². The molecule has 5 heteroatoms. The first-order valence-corrected chi connectivity index (χ1v) is 5.22. The maximum Gasteiger partial charge on any atom is 0.421 e. The second-order valence-corrected chi connectivity index (χ2v) is 4.21. The summed E-state index contributed by atoms with van der Waals surface area (Å²) in [6.45, 7) is 0.659. The van der Waals surface area contributed by atoms with Gasteiger partial charge in [-0.25, -0.2) is 4.39 Å². The molecule has 1 nitrogen and oxygen atoms in total. The molecule has 1 atom stereocenters. The fourth-order valence-electron chi connectivity index (χ4n) is 1.85. The Bertz CT molecular complexity index is 587. The molecule has 2 aromatic carbocycles. The normalized spacial score (nSPS) is 15.7. The van der Waals surface area contributed by atoms with E-state index in [2.05, 4.69) is 0 Å². The predicted octanol–water partition coefficient (Wildman–Crippen LogP) is 3.75. The third kappa shape index (κ3) is 1.84. The molecule has 0 aliphatic rings. The van der Waals surface area contributed by atoms with Crippen LogP contribution in [0.15, 0.2) is 36.4 Å². The van der Waals surface area contributed by atoms with E-state index in [4.69, 9.17) is 0 Å². The zero-order valence-corrected chi connectivity index (χ0v) is 9.42. The van der Waals surface area contributed by atoms with Gasteiger partial charge in [-0.15, -0.1) is 0 Å². The van der Waals surface area contributed by atoms with Crippen LogP contribution >= 0.6 is 0 Å². The molecule has 0 bridgehead atoms. The highest BCUT2D eigenvalue weighted by atomic mass is 19.4. The van der Waals surface area contributed by atoms with Crippen LogP contribution in [0, 0.1) is 5.82 Å². The van der Waals surface area contributed by atoms with Crippen molar-refractivity contribution in [1.82, 2.24) is 0 Å². The fourth-order valence-corrected chi connectivity index (χ4v) is 1.85. The molecule has 0 spiro atoms. The minimum absolute atomic E-state index is 0.0551. The SMILES string of the molecule is CC(O)(c1cccc2c(F)cccc12)C(F)(F)F. The number of benzene rings is 2. The van der Waals surface area contributed by atoms with Crippen molar-refractivity contribution in [2.75, 3.05) is 0 Å². The summed E-state index contributed by atoms with van der Waals surface area (Å²) in [5.41, 5.74) is -3.37. The maximum atomic E-state index is 13.5. The minimum atomic E-state index is -4.83. The summed E-state index contributed by atoms with van der Waals surface area (Å²) in [6, 6.07) is 7.65. The maximum absolute atomic E-state index is 13.5. The first kappa shape index (κ1) is 12.8. The van der Waals surface area contributed by atoms with Gasteiger partial charge in [0.25, 0.3) is 0 Å². The van der Waals surface area contributed by atoms with Crippen molar-refractivity contribution in [2.24, 2.45) is 0 Å². The highest BCUT2D eigenvalue weighted by Gasteiger charge is 2.51. The second kappa shape index (κ2) is 3.95. The molecule has 2 aromatic rings. The molecule has 18 heavy (non-hydrogen) atoms. The number of halogens is 4. The summed E-state index contributed by atoms with van der Waals surface area (Å²) in [4.78, 5) is 0. The first-order valence-electron chi connectivity index (χ1n) is 5.22. The molecule has 0 heterocycles. The van der Waals surface area contributed by atoms with Gasteiger partial charge < -0.3 is 5.11 Å². The van der Waals surface area contributed by atoms with Crippen LogP contribution in [0.2, 0.25) is 0 Å². The zero-order chi connectivity index (χ0) is 13.6. The molecule has 0 aromatic heterocycles. The first-order chi connectivity index (χ1) is 8.25. The summed E-state index contributed by atoms with van der Waals surface area (Å²) < 4.78 is 51.9. The van der Waals surface area contributed by atoms with E-state index in [1.165, 1.54) is 24.3 Å². The van der Waals surface area contributed by atoms with E-state index in [0.717, 1.165) is 12.1 Å². The molecular weight excluding hydrogens is 248 g/mol. The monoisotopic (exact) mass is 258 g/mol. The molecular formula is C13H10F4O. The van der Waals surface area contributed by atoms with Crippen LogP contribution in [0.5, 0.6) is 0 Å². The van der Waals surface area contributed by atoms with Crippen LogP contribution in [-0.4, -0.2) is 11.3 Å². The lowest BCUT2D eigenvalue weighted by atomic mass is 9.90. The van der Waals surface area contributed by atoms with E-state index in [9.17, 15) is 22.7 Å². The predicted molar refractivity (Wildman–Crippen MR) is 59.5 cm³/mol. The lowest BCUT2D eigenvalue weighted by Gasteiger charge is -2.27. The third-order valence-corrected chi connectivity index (χ3v) is 2.95. The van der Waals surface area contributed by atoms with Crippen LogP contribution in [0.3, 0.4) is 0 Å². The lowest BCUT2D eigenvalue weighted by Crippen LogP contribution is -2.39. The van der Waals surface area contributed by atoms with Crippen molar-refractivity contribution in [2.45, 2.75) is 18.7 Å². The third-order valence-electron chi connectivity index (χ3n) is 2.95. The average Bonchev–Trinajstić information content (AvgIpc) is 2.27. The number of hydrogen-bond acceptors (Lipinski definition) is 1. The van der Waals surface area contributed by atoms with E-state index in [-0.39, 0.29) is 16.3 Å². The van der Waals surface area contributed by atoms with Crippen LogP contribution in [0.4, 0.5) is 17.6 Å². The zero-order valence-electron chi connectivity index (χ0n) is 9.42. The molecule has 0 fully saturated rings. The van der Waals surface area contributed by atoms with E-state index in [0.29, 0.717) is 6.92 Å². The fraction of sp³-hybridized carbons (Fsp3) is 0.231. The van der Waals surface area contributed by atoms with Gasteiger partial charge in [0.1, 0.15) is 5.82 Å². The van der Waals surface area contributed by atoms with E-state index in [1.54, 1.807) is 0 Å². The number of alkyl halides is 3. The van der Waals surface area contributed by atoms with Gasteiger partial charge in [0.15, 0.2) is 5.60 Å². The number of fused-ring (bicyclic) bond motifs is 1. The summed E-state index contributed by atoms with van der Waals surface area (Å²) in [7, 11) is 0.